The van der Waals surface area contributed by atoms with Gasteiger partial charge >= 0.3 is 6.09 Å². The number of fused-ring (bicyclic) bond motifs is 1. The SMILES string of the molecule is Cc1c2c(c(=O)n(C)c1C)CN(C(=O)O)C2. The van der Waals surface area contributed by atoms with Gasteiger partial charge in [0.25, 0.3) is 5.56 Å². The molecule has 0 atom stereocenters. The van der Waals surface area contributed by atoms with Gasteiger partial charge in [-0.15, -0.1) is 0 Å². The smallest absolute Gasteiger partial charge is 0.407 e. The van der Waals surface area contributed by atoms with Gasteiger partial charge in [-0.25, -0.2) is 4.79 Å². The van der Waals surface area contributed by atoms with E-state index in [1.165, 1.54) is 4.90 Å². The number of hydrogen-bond donors (Lipinski definition) is 1. The van der Waals surface area contributed by atoms with E-state index in [0.29, 0.717) is 12.1 Å². The molecule has 0 spiro atoms. The van der Waals surface area contributed by atoms with Crippen LogP contribution in [-0.2, 0) is 20.1 Å². The molecule has 0 radical (unpaired) electrons. The minimum atomic E-state index is -0.977. The first-order valence-electron chi connectivity index (χ1n) is 5.09. The predicted octanol–water partition coefficient (Wildman–Crippen LogP) is 0.996. The summed E-state index contributed by atoms with van der Waals surface area (Å²) in [7, 11) is 1.72. The molecule has 1 aliphatic rings. The Labute approximate surface area is 92.9 Å². The largest absolute Gasteiger partial charge is 0.465 e. The van der Waals surface area contributed by atoms with Crippen molar-refractivity contribution >= 4 is 6.09 Å². The third kappa shape index (κ3) is 1.31. The van der Waals surface area contributed by atoms with Crippen LogP contribution in [0.1, 0.15) is 22.4 Å². The topological polar surface area (TPSA) is 62.5 Å². The second-order valence-corrected chi connectivity index (χ2v) is 4.17. The van der Waals surface area contributed by atoms with Crippen LogP contribution in [0.4, 0.5) is 4.79 Å². The fourth-order valence-corrected chi connectivity index (χ4v) is 2.13. The van der Waals surface area contributed by atoms with Crippen molar-refractivity contribution < 1.29 is 9.90 Å². The van der Waals surface area contributed by atoms with Crippen molar-refractivity contribution in [2.75, 3.05) is 0 Å². The summed E-state index contributed by atoms with van der Waals surface area (Å²) in [6.45, 7) is 4.34. The summed E-state index contributed by atoms with van der Waals surface area (Å²) in [4.78, 5) is 24.1. The van der Waals surface area contributed by atoms with Gasteiger partial charge in [-0.2, -0.15) is 0 Å². The minimum absolute atomic E-state index is 0.0816. The third-order valence-corrected chi connectivity index (χ3v) is 3.39. The number of rotatable bonds is 0. The second-order valence-electron chi connectivity index (χ2n) is 4.17. The van der Waals surface area contributed by atoms with Crippen molar-refractivity contribution in [3.63, 3.8) is 0 Å². The molecular formula is C11H14N2O3. The first-order chi connectivity index (χ1) is 7.43. The van der Waals surface area contributed by atoms with Crippen molar-refractivity contribution in [2.24, 2.45) is 7.05 Å². The Hall–Kier alpha value is -1.78. The first-order valence-corrected chi connectivity index (χ1v) is 5.09. The summed E-state index contributed by atoms with van der Waals surface area (Å²) >= 11 is 0. The molecule has 0 aliphatic carbocycles. The molecular weight excluding hydrogens is 208 g/mol. The summed E-state index contributed by atoms with van der Waals surface area (Å²) in [5.41, 5.74) is 3.33. The highest BCUT2D eigenvalue weighted by Gasteiger charge is 2.28. The lowest BCUT2D eigenvalue weighted by atomic mass is 10.0. The maximum absolute atomic E-state index is 11.9. The molecule has 1 aromatic rings. The van der Waals surface area contributed by atoms with Gasteiger partial charge in [-0.3, -0.25) is 9.69 Å². The van der Waals surface area contributed by atoms with Crippen molar-refractivity contribution in [3.8, 4) is 0 Å². The van der Waals surface area contributed by atoms with Crippen LogP contribution >= 0.6 is 0 Å². The molecule has 1 N–H and O–H groups in total. The van der Waals surface area contributed by atoms with Gasteiger partial charge < -0.3 is 9.67 Å². The lowest BCUT2D eigenvalue weighted by Crippen LogP contribution is -2.26. The van der Waals surface area contributed by atoms with Crippen LogP contribution in [0, 0.1) is 13.8 Å². The normalized spacial score (nSPS) is 14.1. The van der Waals surface area contributed by atoms with Gasteiger partial charge in [0.1, 0.15) is 0 Å². The van der Waals surface area contributed by atoms with Crippen LogP contribution in [0.2, 0.25) is 0 Å². The molecule has 0 saturated heterocycles. The highest BCUT2D eigenvalue weighted by Crippen LogP contribution is 2.24. The molecule has 0 aromatic carbocycles. The molecule has 5 heteroatoms. The fraction of sp³-hybridized carbons (Fsp3) is 0.455. The van der Waals surface area contributed by atoms with Gasteiger partial charge in [0, 0.05) is 18.3 Å². The van der Waals surface area contributed by atoms with Crippen LogP contribution in [0.25, 0.3) is 0 Å². The minimum Gasteiger partial charge on any atom is -0.465 e. The molecule has 1 aromatic heterocycles. The predicted molar refractivity (Wildman–Crippen MR) is 58.4 cm³/mol. The quantitative estimate of drug-likeness (QED) is 0.712. The molecule has 0 bridgehead atoms. The van der Waals surface area contributed by atoms with Crippen LogP contribution < -0.4 is 5.56 Å². The Kier molecular flexibility index (Phi) is 2.26. The monoisotopic (exact) mass is 222 g/mol. The van der Waals surface area contributed by atoms with Gasteiger partial charge in [0.2, 0.25) is 0 Å². The Balaban J connectivity index is 2.62. The standard InChI is InChI=1S/C11H14N2O3/c1-6-7(2)12(3)10(14)9-5-13(11(15)16)4-8(6)9/h4-5H2,1-3H3,(H,15,16). The zero-order chi connectivity index (χ0) is 12.0. The molecule has 5 nitrogen and oxygen atoms in total. The Morgan fingerprint density at radius 2 is 1.81 bits per heavy atom. The van der Waals surface area contributed by atoms with Crippen molar-refractivity contribution in [2.45, 2.75) is 26.9 Å². The van der Waals surface area contributed by atoms with Crippen molar-refractivity contribution in [3.05, 3.63) is 32.7 Å². The summed E-state index contributed by atoms with van der Waals surface area (Å²) < 4.78 is 1.58. The van der Waals surface area contributed by atoms with Crippen LogP contribution in [0.5, 0.6) is 0 Å². The van der Waals surface area contributed by atoms with Crippen molar-refractivity contribution in [1.29, 1.82) is 0 Å². The average Bonchev–Trinajstić information content (AvgIpc) is 2.68. The number of pyridine rings is 1. The Morgan fingerprint density at radius 1 is 1.25 bits per heavy atom. The Morgan fingerprint density at radius 3 is 2.38 bits per heavy atom. The van der Waals surface area contributed by atoms with E-state index in [0.717, 1.165) is 16.8 Å². The molecule has 0 fully saturated rings. The highest BCUT2D eigenvalue weighted by molar-refractivity contribution is 5.66. The van der Waals surface area contributed by atoms with E-state index in [4.69, 9.17) is 5.11 Å². The van der Waals surface area contributed by atoms with E-state index in [-0.39, 0.29) is 12.1 Å². The molecule has 1 aliphatic heterocycles. The number of nitrogens with zero attached hydrogens (tertiary/aromatic N) is 2. The number of hydrogen-bond acceptors (Lipinski definition) is 2. The maximum Gasteiger partial charge on any atom is 0.407 e. The van der Waals surface area contributed by atoms with E-state index >= 15 is 0 Å². The average molecular weight is 222 g/mol. The summed E-state index contributed by atoms with van der Waals surface area (Å²) in [6, 6.07) is 0. The summed E-state index contributed by atoms with van der Waals surface area (Å²) in [6.07, 6.45) is -0.977. The molecule has 2 rings (SSSR count). The van der Waals surface area contributed by atoms with E-state index in [1.807, 2.05) is 13.8 Å². The van der Waals surface area contributed by atoms with E-state index in [9.17, 15) is 9.59 Å². The van der Waals surface area contributed by atoms with E-state index in [1.54, 1.807) is 11.6 Å². The van der Waals surface area contributed by atoms with Crippen LogP contribution in [0.3, 0.4) is 0 Å². The first kappa shape index (κ1) is 10.7. The Bertz CT molecular complexity index is 531. The van der Waals surface area contributed by atoms with Crippen LogP contribution in [-0.4, -0.2) is 20.7 Å². The number of aromatic nitrogens is 1. The number of amides is 1. The molecule has 2 heterocycles. The third-order valence-electron chi connectivity index (χ3n) is 3.39. The number of carboxylic acid groups (broad SMARTS) is 1. The zero-order valence-electron chi connectivity index (χ0n) is 9.57. The highest BCUT2D eigenvalue weighted by atomic mass is 16.4. The van der Waals surface area contributed by atoms with Gasteiger partial charge in [0.05, 0.1) is 13.1 Å². The number of carbonyl (C=O) groups is 1. The zero-order valence-corrected chi connectivity index (χ0v) is 9.57. The van der Waals surface area contributed by atoms with Gasteiger partial charge in [-0.05, 0) is 25.0 Å². The second kappa shape index (κ2) is 3.37. The van der Waals surface area contributed by atoms with E-state index < -0.39 is 6.09 Å². The molecule has 86 valence electrons. The van der Waals surface area contributed by atoms with Gasteiger partial charge in [-0.1, -0.05) is 0 Å². The lowest BCUT2D eigenvalue weighted by molar-refractivity contribution is 0.145. The van der Waals surface area contributed by atoms with Crippen molar-refractivity contribution in [1.82, 2.24) is 9.47 Å². The molecule has 0 unspecified atom stereocenters. The van der Waals surface area contributed by atoms with E-state index in [2.05, 4.69) is 0 Å². The fourth-order valence-electron chi connectivity index (χ4n) is 2.13. The summed E-state index contributed by atoms with van der Waals surface area (Å²) in [5.74, 6) is 0. The lowest BCUT2D eigenvalue weighted by Gasteiger charge is -2.11. The molecule has 16 heavy (non-hydrogen) atoms. The summed E-state index contributed by atoms with van der Waals surface area (Å²) in [5, 5.41) is 8.92. The van der Waals surface area contributed by atoms with Gasteiger partial charge in [0.15, 0.2) is 0 Å². The maximum atomic E-state index is 11.9. The van der Waals surface area contributed by atoms with Crippen LogP contribution in [0.15, 0.2) is 4.79 Å². The molecule has 0 saturated carbocycles. The molecule has 1 amide bonds.